The largest absolute Gasteiger partial charge is 1.00 e. The highest BCUT2D eigenvalue weighted by Crippen LogP contribution is 1.39. The summed E-state index contributed by atoms with van der Waals surface area (Å²) < 4.78 is 0. The third-order valence-corrected chi connectivity index (χ3v) is 0. The molecule has 0 nitrogen and oxygen atoms in total. The van der Waals surface area contributed by atoms with Gasteiger partial charge < -0.3 is 28.2 Å². The molecule has 0 amide bonds. The lowest BCUT2D eigenvalue weighted by Crippen LogP contribution is -3.00. The Labute approximate surface area is 146 Å². The lowest BCUT2D eigenvalue weighted by molar-refractivity contribution is -0.00100. The lowest BCUT2D eigenvalue weighted by atomic mass is 10.8. The van der Waals surface area contributed by atoms with Gasteiger partial charge >= 0.3 is 0 Å². The lowest BCUT2D eigenvalue weighted by Gasteiger charge is -1.31. The quantitative estimate of drug-likeness (QED) is 0.295. The first-order valence-corrected chi connectivity index (χ1v) is 5.91. The summed E-state index contributed by atoms with van der Waals surface area (Å²) in [5, 5.41) is 0. The molecule has 0 N–H and O–H groups in total. The van der Waals surface area contributed by atoms with Crippen LogP contribution in [0.25, 0.3) is 0 Å². The molecule has 0 aromatic carbocycles. The van der Waals surface area contributed by atoms with Crippen LogP contribution in [-0.2, 0) is 0 Å². The summed E-state index contributed by atoms with van der Waals surface area (Å²) in [5.41, 5.74) is 0. The zero-order chi connectivity index (χ0) is 16.2. The Morgan fingerprint density at radius 1 is 0.292 bits per heavy atom. The van der Waals surface area contributed by atoms with Crippen molar-refractivity contribution >= 4 is 0 Å². The summed E-state index contributed by atoms with van der Waals surface area (Å²) in [4.78, 5) is 0. The second kappa shape index (κ2) is 521. The molecule has 0 aromatic heterocycles. The molecule has 0 aromatic rings. The Morgan fingerprint density at radius 3 is 0.292 bits per heavy atom. The zero-order valence-corrected chi connectivity index (χ0v) is 16.0. The third-order valence-electron chi connectivity index (χ3n) is 0. The van der Waals surface area contributed by atoms with Crippen LogP contribution in [0.3, 0.4) is 0 Å². The molecule has 0 unspecified atom stereocenters. The van der Waals surface area contributed by atoms with Crippen LogP contribution < -0.4 is 28.2 Å². The van der Waals surface area contributed by atoms with Crippen molar-refractivity contribution in [3.8, 4) is 0 Å². The van der Waals surface area contributed by atoms with Gasteiger partial charge in [0.05, 0.1) is 0 Å². The van der Waals surface area contributed by atoms with Gasteiger partial charge in [-0.3, -0.25) is 0 Å². The van der Waals surface area contributed by atoms with Gasteiger partial charge in [-0.2, -0.15) is 0 Å². The predicted molar refractivity (Wildman–Crippen MR) is 95.2 cm³/mol. The minimum Gasteiger partial charge on any atom is -1.00 e. The second-order valence-corrected chi connectivity index (χ2v) is 2.45. The summed E-state index contributed by atoms with van der Waals surface area (Å²) in [7, 11) is 0. The molecule has 0 rings (SSSR count). The van der Waals surface area contributed by atoms with Crippen molar-refractivity contribution in [3.05, 3.63) is 75.9 Å². The van der Waals surface area contributed by atoms with E-state index in [-0.39, 0.29) is 28.2 Å². The first-order chi connectivity index (χ1) is 8.49. The van der Waals surface area contributed by atoms with E-state index in [2.05, 4.69) is 39.5 Å². The highest BCUT2D eigenvalue weighted by atomic mass is 19.0. The molecule has 0 aliphatic carbocycles. The SMILES string of the molecule is C=CC.C=CC.C=CC.C=CC.C=CC.C=CC.[F-].[F-].[F-].[F-].[F-].[F-]. The molecule has 0 saturated heterocycles. The monoisotopic (exact) mass is 366 g/mol. The van der Waals surface area contributed by atoms with Crippen LogP contribution in [0.4, 0.5) is 0 Å². The molecule has 0 aliphatic rings. The van der Waals surface area contributed by atoms with E-state index in [1.807, 2.05) is 41.5 Å². The maximum absolute atomic E-state index is 3.36. The normalized spacial score (nSPS) is 3.25. The second-order valence-electron chi connectivity index (χ2n) is 2.45. The van der Waals surface area contributed by atoms with E-state index in [9.17, 15) is 0 Å². The van der Waals surface area contributed by atoms with Gasteiger partial charge in [0.2, 0.25) is 0 Å². The summed E-state index contributed by atoms with van der Waals surface area (Å²) in [5.74, 6) is 0. The van der Waals surface area contributed by atoms with Crippen LogP contribution in [0, 0.1) is 0 Å². The topological polar surface area (TPSA) is 0 Å². The van der Waals surface area contributed by atoms with Crippen molar-refractivity contribution < 1.29 is 28.2 Å². The molecular formula is C18H36F6-6. The Hall–Kier alpha value is -1.98. The van der Waals surface area contributed by atoms with E-state index in [4.69, 9.17) is 0 Å². The summed E-state index contributed by atoms with van der Waals surface area (Å²) in [6, 6.07) is 0. The fraction of sp³-hybridized carbons (Fsp3) is 0.333. The number of rotatable bonds is 0. The first-order valence-electron chi connectivity index (χ1n) is 5.91. The van der Waals surface area contributed by atoms with Gasteiger partial charge in [0.15, 0.2) is 0 Å². The van der Waals surface area contributed by atoms with Crippen LogP contribution in [0.5, 0.6) is 0 Å². The summed E-state index contributed by atoms with van der Waals surface area (Å²) >= 11 is 0. The zero-order valence-electron chi connectivity index (χ0n) is 16.0. The molecule has 0 atom stereocenters. The molecule has 156 valence electrons. The molecule has 0 bridgehead atoms. The van der Waals surface area contributed by atoms with Crippen LogP contribution in [0.1, 0.15) is 41.5 Å². The van der Waals surface area contributed by atoms with Crippen molar-refractivity contribution in [3.63, 3.8) is 0 Å². The Bertz CT molecular complexity index is 111. The van der Waals surface area contributed by atoms with Gasteiger partial charge in [-0.15, -0.1) is 39.5 Å². The van der Waals surface area contributed by atoms with Crippen LogP contribution in [0.2, 0.25) is 0 Å². The average molecular weight is 366 g/mol. The number of hydrogen-bond donors (Lipinski definition) is 0. The molecule has 0 fully saturated rings. The van der Waals surface area contributed by atoms with Crippen molar-refractivity contribution in [2.24, 2.45) is 0 Å². The minimum atomic E-state index is 0. The molecule has 0 heterocycles. The molecule has 0 saturated carbocycles. The first kappa shape index (κ1) is 96.9. The highest BCUT2D eigenvalue weighted by molar-refractivity contribution is 4.53. The van der Waals surface area contributed by atoms with Gasteiger partial charge in [0.25, 0.3) is 0 Å². The van der Waals surface area contributed by atoms with Crippen molar-refractivity contribution in [2.45, 2.75) is 41.5 Å². The summed E-state index contributed by atoms with van der Waals surface area (Å²) in [6.07, 6.45) is 10.5. The summed E-state index contributed by atoms with van der Waals surface area (Å²) in [6.45, 7) is 31.5. The van der Waals surface area contributed by atoms with Crippen molar-refractivity contribution in [2.75, 3.05) is 0 Å². The Kier molecular flexibility index (Phi) is 2100. The van der Waals surface area contributed by atoms with Gasteiger partial charge in [0.1, 0.15) is 0 Å². The van der Waals surface area contributed by atoms with Gasteiger partial charge in [-0.25, -0.2) is 0 Å². The molecular weight excluding hydrogens is 330 g/mol. The van der Waals surface area contributed by atoms with E-state index >= 15 is 0 Å². The smallest absolute Gasteiger partial charge is 0.0473 e. The van der Waals surface area contributed by atoms with Gasteiger partial charge in [0, 0.05) is 0 Å². The van der Waals surface area contributed by atoms with Crippen LogP contribution in [-0.4, -0.2) is 0 Å². The van der Waals surface area contributed by atoms with E-state index in [1.54, 1.807) is 36.5 Å². The third kappa shape index (κ3) is 1850. The molecule has 0 radical (unpaired) electrons. The van der Waals surface area contributed by atoms with E-state index < -0.39 is 0 Å². The van der Waals surface area contributed by atoms with E-state index in [0.717, 1.165) is 0 Å². The fourth-order valence-electron chi connectivity index (χ4n) is 0. The molecule has 6 heteroatoms. The Morgan fingerprint density at radius 2 is 0.292 bits per heavy atom. The van der Waals surface area contributed by atoms with Crippen molar-refractivity contribution in [1.82, 2.24) is 0 Å². The molecule has 24 heavy (non-hydrogen) atoms. The van der Waals surface area contributed by atoms with Gasteiger partial charge in [-0.05, 0) is 41.5 Å². The van der Waals surface area contributed by atoms with Crippen LogP contribution >= 0.6 is 0 Å². The molecule has 0 spiro atoms. The van der Waals surface area contributed by atoms with E-state index in [1.165, 1.54) is 0 Å². The highest BCUT2D eigenvalue weighted by Gasteiger charge is 1.16. The molecule has 0 aliphatic heterocycles. The van der Waals surface area contributed by atoms with E-state index in [0.29, 0.717) is 0 Å². The average Bonchev–Trinajstić information content (AvgIpc) is 2.23. The fourth-order valence-corrected chi connectivity index (χ4v) is 0. The number of allylic oxidation sites excluding steroid dienone is 6. The number of halogens is 6. The number of hydrogen-bond acceptors (Lipinski definition) is 0. The maximum Gasteiger partial charge on any atom is -0.0473 e. The van der Waals surface area contributed by atoms with Gasteiger partial charge in [-0.1, -0.05) is 36.5 Å². The standard InChI is InChI=1S/6C3H6.6FH/c6*1-3-2;;;;;;/h6*3H,1H2,2H3;6*1H/p-6. The maximum atomic E-state index is 3.36. The van der Waals surface area contributed by atoms with Crippen LogP contribution in [0.15, 0.2) is 75.9 Å². The minimum absolute atomic E-state index is 0. The Balaban J connectivity index is -0.00000000686. The predicted octanol–water partition coefficient (Wildman–Crippen LogP) is -10.8. The van der Waals surface area contributed by atoms with Crippen molar-refractivity contribution in [1.29, 1.82) is 0 Å².